The normalized spacial score (nSPS) is 12.9. The van der Waals surface area contributed by atoms with Gasteiger partial charge in [-0.25, -0.2) is 4.79 Å². The molecule has 0 radical (unpaired) electrons. The van der Waals surface area contributed by atoms with Crippen LogP contribution in [0, 0.1) is 0 Å². The first-order chi connectivity index (χ1) is 15.1. The molecule has 0 atom stereocenters. The minimum absolute atomic E-state index is 0.00457. The van der Waals surface area contributed by atoms with E-state index in [0.29, 0.717) is 29.6 Å². The lowest BCUT2D eigenvalue weighted by molar-refractivity contribution is -0.133. The summed E-state index contributed by atoms with van der Waals surface area (Å²) in [6.07, 6.45) is 3.38. The lowest BCUT2D eigenvalue weighted by Crippen LogP contribution is -2.45. The molecule has 1 aromatic heterocycles. The molecule has 1 aliphatic carbocycles. The van der Waals surface area contributed by atoms with Crippen molar-refractivity contribution >= 4 is 29.2 Å². The summed E-state index contributed by atoms with van der Waals surface area (Å²) in [5.41, 5.74) is 1.62. The average Bonchev–Trinajstić information content (AvgIpc) is 3.47. The van der Waals surface area contributed by atoms with E-state index in [4.69, 9.17) is 16.0 Å². The van der Waals surface area contributed by atoms with E-state index in [9.17, 15) is 9.59 Å². The molecule has 7 heteroatoms. The molecule has 1 aliphatic rings. The van der Waals surface area contributed by atoms with Gasteiger partial charge in [0.15, 0.2) is 0 Å². The Balaban J connectivity index is 1.47. The van der Waals surface area contributed by atoms with E-state index in [0.717, 1.165) is 18.4 Å². The predicted molar refractivity (Wildman–Crippen MR) is 120 cm³/mol. The van der Waals surface area contributed by atoms with Crippen molar-refractivity contribution in [2.75, 3.05) is 11.9 Å². The van der Waals surface area contributed by atoms with Crippen LogP contribution >= 0.6 is 11.6 Å². The number of amides is 3. The van der Waals surface area contributed by atoms with Crippen LogP contribution in [0.15, 0.2) is 77.4 Å². The van der Waals surface area contributed by atoms with E-state index in [-0.39, 0.29) is 24.5 Å². The number of rotatable bonds is 8. The van der Waals surface area contributed by atoms with Crippen molar-refractivity contribution in [3.63, 3.8) is 0 Å². The average molecular weight is 438 g/mol. The summed E-state index contributed by atoms with van der Waals surface area (Å²) in [7, 11) is 0. The maximum Gasteiger partial charge on any atom is 0.322 e. The molecule has 1 heterocycles. The fourth-order valence-electron chi connectivity index (χ4n) is 3.39. The smallest absolute Gasteiger partial charge is 0.322 e. The number of carbonyl (C=O) groups excluding carboxylic acids is 2. The first-order valence-electron chi connectivity index (χ1n) is 10.3. The van der Waals surface area contributed by atoms with Gasteiger partial charge in [-0.15, -0.1) is 0 Å². The maximum atomic E-state index is 13.3. The zero-order valence-electron chi connectivity index (χ0n) is 17.0. The molecule has 1 fully saturated rings. The van der Waals surface area contributed by atoms with E-state index in [1.54, 1.807) is 46.4 Å². The third-order valence-corrected chi connectivity index (χ3v) is 5.36. The number of anilines is 1. The second-order valence-electron chi connectivity index (χ2n) is 7.61. The Hall–Kier alpha value is -3.25. The highest BCUT2D eigenvalue weighted by Crippen LogP contribution is 2.28. The minimum Gasteiger partial charge on any atom is -0.467 e. The van der Waals surface area contributed by atoms with Crippen LogP contribution in [-0.2, 0) is 17.9 Å². The van der Waals surface area contributed by atoms with Gasteiger partial charge >= 0.3 is 6.03 Å². The Kier molecular flexibility index (Phi) is 6.57. The van der Waals surface area contributed by atoms with Crippen molar-refractivity contribution in [2.24, 2.45) is 0 Å². The van der Waals surface area contributed by atoms with Crippen LogP contribution in [0.5, 0.6) is 0 Å². The van der Waals surface area contributed by atoms with Gasteiger partial charge in [0.1, 0.15) is 12.3 Å². The quantitative estimate of drug-likeness (QED) is 0.529. The summed E-state index contributed by atoms with van der Waals surface area (Å²) < 4.78 is 5.46. The van der Waals surface area contributed by atoms with E-state index < -0.39 is 0 Å². The van der Waals surface area contributed by atoms with Crippen LogP contribution in [0.25, 0.3) is 0 Å². The van der Waals surface area contributed by atoms with Gasteiger partial charge in [-0.05, 0) is 48.7 Å². The summed E-state index contributed by atoms with van der Waals surface area (Å²) >= 11 is 6.02. The summed E-state index contributed by atoms with van der Waals surface area (Å²) in [5.74, 6) is 0.569. The molecule has 4 rings (SSSR count). The molecule has 1 N–H and O–H groups in total. The monoisotopic (exact) mass is 437 g/mol. The molecule has 1 saturated carbocycles. The molecule has 3 aromatic rings. The third-order valence-electron chi connectivity index (χ3n) is 5.13. The number of hydrogen-bond acceptors (Lipinski definition) is 3. The summed E-state index contributed by atoms with van der Waals surface area (Å²) in [4.78, 5) is 29.5. The van der Waals surface area contributed by atoms with Crippen LogP contribution in [-0.4, -0.2) is 34.3 Å². The summed E-state index contributed by atoms with van der Waals surface area (Å²) in [6.45, 7) is 0.786. The van der Waals surface area contributed by atoms with Crippen LogP contribution in [0.2, 0.25) is 5.02 Å². The first-order valence-corrected chi connectivity index (χ1v) is 10.6. The van der Waals surface area contributed by atoms with Crippen LogP contribution in [0.3, 0.4) is 0 Å². The van der Waals surface area contributed by atoms with E-state index in [2.05, 4.69) is 5.32 Å². The van der Waals surface area contributed by atoms with Crippen LogP contribution in [0.4, 0.5) is 10.5 Å². The zero-order chi connectivity index (χ0) is 21.6. The van der Waals surface area contributed by atoms with Gasteiger partial charge in [-0.1, -0.05) is 48.0 Å². The topological polar surface area (TPSA) is 65.8 Å². The van der Waals surface area contributed by atoms with Gasteiger partial charge in [0, 0.05) is 23.3 Å². The number of hydrogen-bond donors (Lipinski definition) is 1. The number of furan rings is 1. The summed E-state index contributed by atoms with van der Waals surface area (Å²) in [6, 6.07) is 20.2. The van der Waals surface area contributed by atoms with Crippen molar-refractivity contribution in [3.8, 4) is 0 Å². The molecular formula is C24H24ClN3O3. The lowest BCUT2D eigenvalue weighted by atomic mass is 10.2. The number of urea groups is 1. The van der Waals surface area contributed by atoms with Crippen molar-refractivity contribution in [2.45, 2.75) is 32.0 Å². The standard InChI is InChI=1S/C24H24ClN3O3/c25-19-8-4-9-20(14-19)26-24(30)28(21-11-12-21)17-23(29)27(16-22-10-5-13-31-22)15-18-6-2-1-3-7-18/h1-10,13-14,21H,11-12,15-17H2,(H,26,30). The largest absolute Gasteiger partial charge is 0.467 e. The molecule has 0 bridgehead atoms. The number of benzene rings is 2. The highest BCUT2D eigenvalue weighted by atomic mass is 35.5. The molecule has 0 spiro atoms. The lowest BCUT2D eigenvalue weighted by Gasteiger charge is -2.27. The number of halogens is 1. The highest BCUT2D eigenvalue weighted by molar-refractivity contribution is 6.30. The van der Waals surface area contributed by atoms with Gasteiger partial charge in [-0.2, -0.15) is 0 Å². The molecule has 2 aromatic carbocycles. The van der Waals surface area contributed by atoms with Crippen molar-refractivity contribution in [3.05, 3.63) is 89.3 Å². The Morgan fingerprint density at radius 1 is 1.00 bits per heavy atom. The molecule has 31 heavy (non-hydrogen) atoms. The van der Waals surface area contributed by atoms with E-state index >= 15 is 0 Å². The molecular weight excluding hydrogens is 414 g/mol. The summed E-state index contributed by atoms with van der Waals surface area (Å²) in [5, 5.41) is 3.40. The molecule has 0 aliphatic heterocycles. The molecule has 160 valence electrons. The van der Waals surface area contributed by atoms with Crippen molar-refractivity contribution in [1.29, 1.82) is 0 Å². The second-order valence-corrected chi connectivity index (χ2v) is 8.05. The van der Waals surface area contributed by atoms with Crippen LogP contribution < -0.4 is 5.32 Å². The Bertz CT molecular complexity index is 1020. The molecule has 3 amide bonds. The van der Waals surface area contributed by atoms with Gasteiger partial charge in [0.05, 0.1) is 12.8 Å². The highest BCUT2D eigenvalue weighted by Gasteiger charge is 2.35. The van der Waals surface area contributed by atoms with E-state index in [1.165, 1.54) is 0 Å². The zero-order valence-corrected chi connectivity index (χ0v) is 17.8. The van der Waals surface area contributed by atoms with E-state index in [1.807, 2.05) is 36.4 Å². The Morgan fingerprint density at radius 3 is 2.48 bits per heavy atom. The molecule has 6 nitrogen and oxygen atoms in total. The SMILES string of the molecule is O=C(CN(C(=O)Nc1cccc(Cl)c1)C1CC1)N(Cc1ccccc1)Cc1ccco1. The third kappa shape index (κ3) is 5.89. The van der Waals surface area contributed by atoms with Gasteiger partial charge in [0.25, 0.3) is 0 Å². The van der Waals surface area contributed by atoms with Crippen LogP contribution in [0.1, 0.15) is 24.2 Å². The predicted octanol–water partition coefficient (Wildman–Crippen LogP) is 5.16. The number of nitrogens with zero attached hydrogens (tertiary/aromatic N) is 2. The maximum absolute atomic E-state index is 13.3. The Labute approximate surface area is 186 Å². The number of nitrogens with one attached hydrogen (secondary N) is 1. The first kappa shape index (κ1) is 21.0. The van der Waals surface area contributed by atoms with Crippen molar-refractivity contribution < 1.29 is 14.0 Å². The second kappa shape index (κ2) is 9.71. The fourth-order valence-corrected chi connectivity index (χ4v) is 3.58. The van der Waals surface area contributed by atoms with Gasteiger partial charge in [-0.3, -0.25) is 4.79 Å². The molecule has 0 saturated heterocycles. The van der Waals surface area contributed by atoms with Crippen molar-refractivity contribution in [1.82, 2.24) is 9.80 Å². The van der Waals surface area contributed by atoms with Gasteiger partial charge < -0.3 is 19.5 Å². The Morgan fingerprint density at radius 2 is 1.81 bits per heavy atom. The fraction of sp³-hybridized carbons (Fsp3) is 0.250. The van der Waals surface area contributed by atoms with Gasteiger partial charge in [0.2, 0.25) is 5.91 Å². The molecule has 0 unspecified atom stereocenters. The minimum atomic E-state index is -0.296. The number of carbonyl (C=O) groups is 2.